The number of halogens is 2. The molecule has 1 amide bonds. The summed E-state index contributed by atoms with van der Waals surface area (Å²) in [7, 11) is 0. The van der Waals surface area contributed by atoms with Gasteiger partial charge in [0.05, 0.1) is 5.56 Å². The molecule has 5 heteroatoms. The Kier molecular flexibility index (Phi) is 5.23. The Labute approximate surface area is 144 Å². The summed E-state index contributed by atoms with van der Waals surface area (Å²) in [5.74, 6) is 0.122. The summed E-state index contributed by atoms with van der Waals surface area (Å²) in [5.41, 5.74) is 1.26. The van der Waals surface area contributed by atoms with Crippen LogP contribution in [0.2, 0.25) is 5.02 Å². The lowest BCUT2D eigenvalue weighted by atomic mass is 10.1. The summed E-state index contributed by atoms with van der Waals surface area (Å²) >= 11 is 8.08. The molecule has 23 heavy (non-hydrogen) atoms. The van der Waals surface area contributed by atoms with Gasteiger partial charge in [0.2, 0.25) is 0 Å². The van der Waals surface area contributed by atoms with Gasteiger partial charge in [-0.05, 0) is 30.2 Å². The van der Waals surface area contributed by atoms with Crippen molar-refractivity contribution in [3.63, 3.8) is 0 Å². The fourth-order valence-electron chi connectivity index (χ4n) is 2.76. The summed E-state index contributed by atoms with van der Waals surface area (Å²) in [4.78, 5) is 14.3. The first-order chi connectivity index (χ1) is 11.2. The Morgan fingerprint density at radius 2 is 1.87 bits per heavy atom. The molecule has 2 aromatic rings. The molecule has 1 aliphatic heterocycles. The molecule has 0 aliphatic carbocycles. The molecule has 1 aliphatic rings. The van der Waals surface area contributed by atoms with Gasteiger partial charge in [0.15, 0.2) is 0 Å². The second kappa shape index (κ2) is 7.37. The van der Waals surface area contributed by atoms with Crippen molar-refractivity contribution in [2.45, 2.75) is 11.7 Å². The number of hydrogen-bond acceptors (Lipinski definition) is 2. The van der Waals surface area contributed by atoms with Crippen LogP contribution in [-0.4, -0.2) is 29.6 Å². The molecule has 0 bridgehead atoms. The van der Waals surface area contributed by atoms with Crippen molar-refractivity contribution in [3.8, 4) is 0 Å². The molecule has 2 aromatic carbocycles. The first-order valence-electron chi connectivity index (χ1n) is 7.56. The van der Waals surface area contributed by atoms with Crippen molar-refractivity contribution in [1.29, 1.82) is 0 Å². The van der Waals surface area contributed by atoms with Gasteiger partial charge >= 0.3 is 0 Å². The number of benzene rings is 2. The van der Waals surface area contributed by atoms with Crippen LogP contribution in [0.15, 0.2) is 48.5 Å². The van der Waals surface area contributed by atoms with Gasteiger partial charge in [0.1, 0.15) is 5.82 Å². The van der Waals surface area contributed by atoms with Gasteiger partial charge in [-0.15, -0.1) is 0 Å². The molecule has 1 unspecified atom stereocenters. The molecule has 0 radical (unpaired) electrons. The standard InChI is InChI=1S/C18H17ClFNOS/c19-15-7-3-1-5-13(15)17-9-10-21(11-12-23-17)18(22)14-6-2-4-8-16(14)20/h1-8,17H,9-12H2. The molecule has 1 atom stereocenters. The van der Waals surface area contributed by atoms with Gasteiger partial charge < -0.3 is 4.90 Å². The molecule has 2 nitrogen and oxygen atoms in total. The fourth-order valence-corrected chi connectivity index (χ4v) is 4.36. The van der Waals surface area contributed by atoms with Crippen molar-refractivity contribution < 1.29 is 9.18 Å². The van der Waals surface area contributed by atoms with Gasteiger partial charge in [-0.3, -0.25) is 4.79 Å². The van der Waals surface area contributed by atoms with E-state index in [1.807, 2.05) is 24.3 Å². The van der Waals surface area contributed by atoms with Crippen molar-refractivity contribution in [3.05, 3.63) is 70.5 Å². The van der Waals surface area contributed by atoms with Gasteiger partial charge in [-0.2, -0.15) is 11.8 Å². The Bertz CT molecular complexity index is 709. The smallest absolute Gasteiger partial charge is 0.256 e. The zero-order chi connectivity index (χ0) is 16.2. The average molecular weight is 350 g/mol. The molecule has 1 fully saturated rings. The number of carbonyl (C=O) groups is 1. The van der Waals surface area contributed by atoms with Crippen LogP contribution >= 0.6 is 23.4 Å². The normalized spacial score (nSPS) is 18.5. The maximum absolute atomic E-state index is 13.8. The van der Waals surface area contributed by atoms with E-state index < -0.39 is 5.82 Å². The second-order valence-corrected chi connectivity index (χ2v) is 7.16. The van der Waals surface area contributed by atoms with E-state index in [1.165, 1.54) is 6.07 Å². The predicted molar refractivity (Wildman–Crippen MR) is 93.6 cm³/mol. The zero-order valence-electron chi connectivity index (χ0n) is 12.5. The van der Waals surface area contributed by atoms with Crippen LogP contribution in [0.1, 0.15) is 27.6 Å². The highest BCUT2D eigenvalue weighted by atomic mass is 35.5. The maximum Gasteiger partial charge on any atom is 0.256 e. The topological polar surface area (TPSA) is 20.3 Å². The molecule has 0 aromatic heterocycles. The van der Waals surface area contributed by atoms with E-state index in [0.29, 0.717) is 13.1 Å². The van der Waals surface area contributed by atoms with Crippen LogP contribution in [0.3, 0.4) is 0 Å². The first kappa shape index (κ1) is 16.3. The number of hydrogen-bond donors (Lipinski definition) is 0. The quantitative estimate of drug-likeness (QED) is 0.776. The highest BCUT2D eigenvalue weighted by Crippen LogP contribution is 2.38. The number of rotatable bonds is 2. The summed E-state index contributed by atoms with van der Waals surface area (Å²) in [6.07, 6.45) is 0.814. The highest BCUT2D eigenvalue weighted by Gasteiger charge is 2.25. The lowest BCUT2D eigenvalue weighted by molar-refractivity contribution is 0.0762. The molecule has 0 N–H and O–H groups in total. The molecule has 0 saturated carbocycles. The molecule has 120 valence electrons. The third kappa shape index (κ3) is 3.70. The molecule has 3 rings (SSSR count). The minimum absolute atomic E-state index is 0.147. The van der Waals surface area contributed by atoms with Crippen LogP contribution in [-0.2, 0) is 0 Å². The van der Waals surface area contributed by atoms with Gasteiger partial charge in [-0.1, -0.05) is 41.9 Å². The number of nitrogens with zero attached hydrogens (tertiary/aromatic N) is 1. The van der Waals surface area contributed by atoms with E-state index in [9.17, 15) is 9.18 Å². The predicted octanol–water partition coefficient (Wildman–Crippen LogP) is 4.80. The number of thioether (sulfide) groups is 1. The summed E-state index contributed by atoms with van der Waals surface area (Å²) in [6, 6.07) is 14.0. The Morgan fingerprint density at radius 3 is 2.65 bits per heavy atom. The lowest BCUT2D eigenvalue weighted by Gasteiger charge is -2.20. The molecular formula is C18H17ClFNOS. The molecule has 1 heterocycles. The maximum atomic E-state index is 13.8. The minimum Gasteiger partial charge on any atom is -0.338 e. The average Bonchev–Trinajstić information content (AvgIpc) is 2.81. The largest absolute Gasteiger partial charge is 0.338 e. The van der Waals surface area contributed by atoms with E-state index >= 15 is 0 Å². The second-order valence-electron chi connectivity index (χ2n) is 5.44. The summed E-state index contributed by atoms with van der Waals surface area (Å²) < 4.78 is 13.8. The molecule has 1 saturated heterocycles. The Balaban J connectivity index is 1.73. The van der Waals surface area contributed by atoms with Crippen LogP contribution in [0, 0.1) is 5.82 Å². The third-order valence-corrected chi connectivity index (χ3v) is 5.64. The van der Waals surface area contributed by atoms with Crippen molar-refractivity contribution in [1.82, 2.24) is 4.90 Å². The lowest BCUT2D eigenvalue weighted by Crippen LogP contribution is -2.33. The van der Waals surface area contributed by atoms with Crippen molar-refractivity contribution in [2.75, 3.05) is 18.8 Å². The zero-order valence-corrected chi connectivity index (χ0v) is 14.1. The van der Waals surface area contributed by atoms with Crippen molar-refractivity contribution >= 4 is 29.3 Å². The summed E-state index contributed by atoms with van der Waals surface area (Å²) in [5, 5.41) is 1.03. The van der Waals surface area contributed by atoms with E-state index in [0.717, 1.165) is 22.8 Å². The third-order valence-electron chi connectivity index (χ3n) is 3.99. The van der Waals surface area contributed by atoms with E-state index in [2.05, 4.69) is 0 Å². The van der Waals surface area contributed by atoms with E-state index in [-0.39, 0.29) is 16.7 Å². The van der Waals surface area contributed by atoms with Crippen LogP contribution < -0.4 is 0 Å². The van der Waals surface area contributed by atoms with Gasteiger partial charge in [-0.25, -0.2) is 4.39 Å². The van der Waals surface area contributed by atoms with Gasteiger partial charge in [0.25, 0.3) is 5.91 Å². The summed E-state index contributed by atoms with van der Waals surface area (Å²) in [6.45, 7) is 1.23. The fraction of sp³-hybridized carbons (Fsp3) is 0.278. The SMILES string of the molecule is O=C(c1ccccc1F)N1CCSC(c2ccccc2Cl)CC1. The first-order valence-corrected chi connectivity index (χ1v) is 8.99. The van der Waals surface area contributed by atoms with Crippen LogP contribution in [0.5, 0.6) is 0 Å². The van der Waals surface area contributed by atoms with E-state index in [4.69, 9.17) is 11.6 Å². The molecule has 0 spiro atoms. The Morgan fingerprint density at radius 1 is 1.13 bits per heavy atom. The van der Waals surface area contributed by atoms with Crippen molar-refractivity contribution in [2.24, 2.45) is 0 Å². The van der Waals surface area contributed by atoms with Gasteiger partial charge in [0, 0.05) is 29.1 Å². The Hall–Kier alpha value is -1.52. The number of carbonyl (C=O) groups excluding carboxylic acids is 1. The monoisotopic (exact) mass is 349 g/mol. The van der Waals surface area contributed by atoms with Crippen LogP contribution in [0.25, 0.3) is 0 Å². The van der Waals surface area contributed by atoms with E-state index in [1.54, 1.807) is 34.9 Å². The van der Waals surface area contributed by atoms with Crippen LogP contribution in [0.4, 0.5) is 4.39 Å². The molecular weight excluding hydrogens is 333 g/mol. The highest BCUT2D eigenvalue weighted by molar-refractivity contribution is 7.99. The minimum atomic E-state index is -0.461. The number of amides is 1.